The van der Waals surface area contributed by atoms with Crippen LogP contribution in [0.4, 0.5) is 4.39 Å². The number of benzene rings is 1. The average molecular weight is 276 g/mol. The number of aromatic amines is 1. The molecule has 104 valence electrons. The van der Waals surface area contributed by atoms with Crippen LogP contribution in [0.3, 0.4) is 0 Å². The molecule has 0 saturated carbocycles. The van der Waals surface area contributed by atoms with E-state index in [1.165, 1.54) is 18.3 Å². The number of H-pyrrole nitrogens is 1. The van der Waals surface area contributed by atoms with Crippen molar-refractivity contribution in [3.63, 3.8) is 0 Å². The van der Waals surface area contributed by atoms with Gasteiger partial charge in [0.05, 0.1) is 25.1 Å². The van der Waals surface area contributed by atoms with Gasteiger partial charge >= 0.3 is 5.97 Å². The lowest BCUT2D eigenvalue weighted by Gasteiger charge is -2.10. The molecule has 1 aliphatic rings. The third-order valence-corrected chi connectivity index (χ3v) is 3.15. The van der Waals surface area contributed by atoms with Crippen molar-refractivity contribution in [3.05, 3.63) is 41.8 Å². The maximum atomic E-state index is 12.9. The summed E-state index contributed by atoms with van der Waals surface area (Å²) in [5.41, 5.74) is 1.54. The predicted molar refractivity (Wildman–Crippen MR) is 68.6 cm³/mol. The summed E-state index contributed by atoms with van der Waals surface area (Å²) in [6.45, 7) is 1.03. The molecular weight excluding hydrogens is 263 g/mol. The van der Waals surface area contributed by atoms with Crippen molar-refractivity contribution < 1.29 is 18.7 Å². The lowest BCUT2D eigenvalue weighted by Crippen LogP contribution is -2.18. The number of ether oxygens (including phenoxy) is 2. The van der Waals surface area contributed by atoms with E-state index in [0.717, 1.165) is 0 Å². The van der Waals surface area contributed by atoms with Gasteiger partial charge in [0.2, 0.25) is 0 Å². The van der Waals surface area contributed by atoms with Crippen LogP contribution in [-0.2, 0) is 9.47 Å². The van der Waals surface area contributed by atoms with Crippen LogP contribution in [0, 0.1) is 5.82 Å². The summed E-state index contributed by atoms with van der Waals surface area (Å²) in [5, 5.41) is 6.61. The lowest BCUT2D eigenvalue weighted by atomic mass is 10.1. The first-order chi connectivity index (χ1) is 9.74. The molecule has 0 aliphatic carbocycles. The van der Waals surface area contributed by atoms with E-state index in [0.29, 0.717) is 36.5 Å². The van der Waals surface area contributed by atoms with Crippen LogP contribution in [0.15, 0.2) is 30.5 Å². The van der Waals surface area contributed by atoms with Gasteiger partial charge in [-0.2, -0.15) is 5.10 Å². The van der Waals surface area contributed by atoms with E-state index in [1.54, 1.807) is 12.1 Å². The second kappa shape index (κ2) is 5.42. The Balaban J connectivity index is 1.82. The van der Waals surface area contributed by atoms with Gasteiger partial charge in [0.1, 0.15) is 17.5 Å². The Morgan fingerprint density at radius 3 is 2.90 bits per heavy atom. The number of carbonyl (C=O) groups is 1. The van der Waals surface area contributed by atoms with Gasteiger partial charge in [-0.05, 0) is 24.3 Å². The minimum Gasteiger partial charge on any atom is -0.456 e. The molecule has 1 aromatic heterocycles. The molecule has 5 nitrogen and oxygen atoms in total. The van der Waals surface area contributed by atoms with Gasteiger partial charge in [0.25, 0.3) is 0 Å². The summed E-state index contributed by atoms with van der Waals surface area (Å²) < 4.78 is 23.4. The zero-order valence-corrected chi connectivity index (χ0v) is 10.6. The van der Waals surface area contributed by atoms with E-state index in [2.05, 4.69) is 10.2 Å². The number of hydrogen-bond donors (Lipinski definition) is 1. The molecule has 1 fully saturated rings. The van der Waals surface area contributed by atoms with E-state index in [4.69, 9.17) is 9.47 Å². The molecule has 6 heteroatoms. The van der Waals surface area contributed by atoms with E-state index in [9.17, 15) is 9.18 Å². The molecule has 1 aromatic carbocycles. The van der Waals surface area contributed by atoms with E-state index in [-0.39, 0.29) is 11.9 Å². The predicted octanol–water partition coefficient (Wildman–Crippen LogP) is 2.16. The van der Waals surface area contributed by atoms with E-state index < -0.39 is 5.97 Å². The van der Waals surface area contributed by atoms with Crippen LogP contribution in [0.25, 0.3) is 11.3 Å². The second-order valence-corrected chi connectivity index (χ2v) is 4.56. The van der Waals surface area contributed by atoms with Crippen LogP contribution in [0.1, 0.15) is 16.8 Å². The fourth-order valence-electron chi connectivity index (χ4n) is 2.10. The zero-order chi connectivity index (χ0) is 13.9. The Morgan fingerprint density at radius 1 is 1.40 bits per heavy atom. The molecule has 2 heterocycles. The Morgan fingerprint density at radius 2 is 2.20 bits per heavy atom. The van der Waals surface area contributed by atoms with Crippen LogP contribution in [0.2, 0.25) is 0 Å². The third kappa shape index (κ3) is 2.55. The summed E-state index contributed by atoms with van der Waals surface area (Å²) in [6, 6.07) is 5.82. The normalized spacial score (nSPS) is 18.1. The Bertz CT molecular complexity index is 603. The van der Waals surface area contributed by atoms with Crippen LogP contribution in [0.5, 0.6) is 0 Å². The van der Waals surface area contributed by atoms with Crippen molar-refractivity contribution in [1.29, 1.82) is 0 Å². The summed E-state index contributed by atoms with van der Waals surface area (Å²) >= 11 is 0. The summed E-state index contributed by atoms with van der Waals surface area (Å²) in [4.78, 5) is 12.1. The van der Waals surface area contributed by atoms with Gasteiger partial charge in [-0.3, -0.25) is 5.10 Å². The summed E-state index contributed by atoms with van der Waals surface area (Å²) in [7, 11) is 0. The van der Waals surface area contributed by atoms with Crippen molar-refractivity contribution in [2.24, 2.45) is 0 Å². The van der Waals surface area contributed by atoms with Gasteiger partial charge in [-0.25, -0.2) is 9.18 Å². The highest BCUT2D eigenvalue weighted by atomic mass is 19.1. The first-order valence-corrected chi connectivity index (χ1v) is 6.32. The standard InChI is InChI=1S/C14H13FN2O3/c15-10-3-1-9(2-4-10)13-12(7-16-17-13)14(18)20-11-5-6-19-8-11/h1-4,7,11H,5-6,8H2,(H,16,17). The molecule has 3 rings (SSSR count). The molecule has 0 radical (unpaired) electrons. The van der Waals surface area contributed by atoms with Gasteiger partial charge in [0, 0.05) is 12.0 Å². The van der Waals surface area contributed by atoms with Crippen LogP contribution in [-0.4, -0.2) is 35.5 Å². The second-order valence-electron chi connectivity index (χ2n) is 4.56. The minimum atomic E-state index is -0.450. The number of esters is 1. The van der Waals surface area contributed by atoms with Crippen molar-refractivity contribution in [1.82, 2.24) is 10.2 Å². The van der Waals surface area contributed by atoms with Crippen molar-refractivity contribution >= 4 is 5.97 Å². The lowest BCUT2D eigenvalue weighted by molar-refractivity contribution is 0.0271. The van der Waals surface area contributed by atoms with Gasteiger partial charge < -0.3 is 9.47 Å². The Labute approximate surface area is 114 Å². The smallest absolute Gasteiger partial charge is 0.342 e. The Hall–Kier alpha value is -2.21. The molecule has 1 saturated heterocycles. The third-order valence-electron chi connectivity index (χ3n) is 3.15. The van der Waals surface area contributed by atoms with Crippen molar-refractivity contribution in [3.8, 4) is 11.3 Å². The molecular formula is C14H13FN2O3. The highest BCUT2D eigenvalue weighted by molar-refractivity contribution is 5.96. The van der Waals surface area contributed by atoms with Crippen LogP contribution < -0.4 is 0 Å². The molecule has 0 amide bonds. The highest BCUT2D eigenvalue weighted by Crippen LogP contribution is 2.23. The molecule has 0 bridgehead atoms. The monoisotopic (exact) mass is 276 g/mol. The number of hydrogen-bond acceptors (Lipinski definition) is 4. The summed E-state index contributed by atoms with van der Waals surface area (Å²) in [5.74, 6) is -0.783. The first-order valence-electron chi connectivity index (χ1n) is 6.32. The Kier molecular flexibility index (Phi) is 3.47. The SMILES string of the molecule is O=C(OC1CCOC1)c1cn[nH]c1-c1ccc(F)cc1. The molecule has 1 N–H and O–H groups in total. The number of carbonyl (C=O) groups excluding carboxylic acids is 1. The van der Waals surface area contributed by atoms with Crippen molar-refractivity contribution in [2.45, 2.75) is 12.5 Å². The molecule has 1 aliphatic heterocycles. The van der Waals surface area contributed by atoms with E-state index in [1.807, 2.05) is 0 Å². The first kappa shape index (κ1) is 12.8. The maximum Gasteiger partial charge on any atom is 0.342 e. The number of nitrogens with one attached hydrogen (secondary N) is 1. The minimum absolute atomic E-state index is 0.210. The van der Waals surface area contributed by atoms with Gasteiger partial charge in [-0.1, -0.05) is 0 Å². The topological polar surface area (TPSA) is 64.2 Å². The zero-order valence-electron chi connectivity index (χ0n) is 10.6. The molecule has 20 heavy (non-hydrogen) atoms. The quantitative estimate of drug-likeness (QED) is 0.872. The van der Waals surface area contributed by atoms with Crippen LogP contribution >= 0.6 is 0 Å². The molecule has 1 unspecified atom stereocenters. The largest absolute Gasteiger partial charge is 0.456 e. The fourth-order valence-corrected chi connectivity index (χ4v) is 2.10. The van der Waals surface area contributed by atoms with Gasteiger partial charge in [-0.15, -0.1) is 0 Å². The van der Waals surface area contributed by atoms with Gasteiger partial charge in [0.15, 0.2) is 0 Å². The molecule has 2 aromatic rings. The summed E-state index contributed by atoms with van der Waals surface area (Å²) in [6.07, 6.45) is 1.91. The molecule has 0 spiro atoms. The van der Waals surface area contributed by atoms with Crippen molar-refractivity contribution in [2.75, 3.05) is 13.2 Å². The maximum absolute atomic E-state index is 12.9. The fraction of sp³-hybridized carbons (Fsp3) is 0.286. The number of halogens is 1. The van der Waals surface area contributed by atoms with E-state index >= 15 is 0 Å². The number of aromatic nitrogens is 2. The molecule has 1 atom stereocenters. The highest BCUT2D eigenvalue weighted by Gasteiger charge is 2.23. The average Bonchev–Trinajstić information content (AvgIpc) is 3.10. The number of nitrogens with zero attached hydrogens (tertiary/aromatic N) is 1. The number of rotatable bonds is 3.